The lowest BCUT2D eigenvalue weighted by atomic mass is 9.99. The molecule has 1 spiro atoms. The van der Waals surface area contributed by atoms with Crippen molar-refractivity contribution in [3.05, 3.63) is 46.8 Å². The largest absolute Gasteiger partial charge is 0.419 e. The summed E-state index contributed by atoms with van der Waals surface area (Å²) in [6.07, 6.45) is -1.12. The molecule has 2 fully saturated rings. The molecule has 0 N–H and O–H groups in total. The van der Waals surface area contributed by atoms with Crippen LogP contribution in [0.3, 0.4) is 0 Å². The van der Waals surface area contributed by atoms with E-state index in [4.69, 9.17) is 0 Å². The van der Waals surface area contributed by atoms with E-state index in [0.29, 0.717) is 23.8 Å². The van der Waals surface area contributed by atoms with Gasteiger partial charge in [-0.25, -0.2) is 17.5 Å². The number of hydrogen-bond acceptors (Lipinski definition) is 4. The highest BCUT2D eigenvalue weighted by Crippen LogP contribution is 2.49. The van der Waals surface area contributed by atoms with E-state index in [1.165, 1.54) is 10.7 Å². The van der Waals surface area contributed by atoms with E-state index in [1.54, 1.807) is 25.1 Å². The van der Waals surface area contributed by atoms with E-state index in [1.807, 2.05) is 6.26 Å². The second kappa shape index (κ2) is 7.81. The van der Waals surface area contributed by atoms with Gasteiger partial charge in [-0.15, -0.1) is 0 Å². The van der Waals surface area contributed by atoms with Gasteiger partial charge in [0.05, 0.1) is 22.3 Å². The first-order valence-corrected chi connectivity index (χ1v) is 11.9. The number of hydrogen-bond donors (Lipinski definition) is 0. The van der Waals surface area contributed by atoms with Crippen molar-refractivity contribution in [1.82, 2.24) is 14.1 Å². The molecule has 11 heteroatoms. The summed E-state index contributed by atoms with van der Waals surface area (Å²) < 4.78 is 88.3. The fourth-order valence-electron chi connectivity index (χ4n) is 4.87. The second-order valence-electron chi connectivity index (χ2n) is 8.94. The first kappa shape index (κ1) is 23.3. The molecule has 4 nitrogen and oxygen atoms in total. The summed E-state index contributed by atoms with van der Waals surface area (Å²) in [6, 6.07) is 3.22. The van der Waals surface area contributed by atoms with Gasteiger partial charge in [0.2, 0.25) is 0 Å². The second-order valence-corrected chi connectivity index (χ2v) is 9.82. The van der Waals surface area contributed by atoms with E-state index in [-0.39, 0.29) is 16.6 Å². The van der Waals surface area contributed by atoms with Crippen LogP contribution in [0.2, 0.25) is 0 Å². The fourth-order valence-corrected chi connectivity index (χ4v) is 5.50. The Balaban J connectivity index is 1.65. The standard InChI is InChI=1S/C23H22F6N4S/c1-12-19(25)14(8-15(20(12)26)23(27,28)29)21-13-9-16(24)18(10-17(13)31(2)30-21)33-7-6-32(34-3)11-22(33)4-5-22/h8-10H,4-7,11H2,1-3H3. The lowest BCUT2D eigenvalue weighted by molar-refractivity contribution is -0.140. The molecule has 2 aromatic carbocycles. The Bertz CT molecular complexity index is 1300. The maximum atomic E-state index is 15.4. The monoisotopic (exact) mass is 500 g/mol. The van der Waals surface area contributed by atoms with Gasteiger partial charge in [-0.2, -0.15) is 18.3 Å². The van der Waals surface area contributed by atoms with Crippen molar-refractivity contribution in [2.24, 2.45) is 7.05 Å². The number of nitrogens with zero attached hydrogens (tertiary/aromatic N) is 4. The third-order valence-electron chi connectivity index (χ3n) is 6.89. The quantitative estimate of drug-likeness (QED) is 0.329. The molecule has 5 rings (SSSR count). The average Bonchev–Trinajstić information content (AvgIpc) is 3.47. The molecule has 0 unspecified atom stereocenters. The molecule has 0 amide bonds. The Morgan fingerprint density at radius 2 is 1.74 bits per heavy atom. The topological polar surface area (TPSA) is 24.3 Å². The zero-order valence-corrected chi connectivity index (χ0v) is 19.5. The summed E-state index contributed by atoms with van der Waals surface area (Å²) in [5.74, 6) is -3.37. The summed E-state index contributed by atoms with van der Waals surface area (Å²) in [6.45, 7) is 3.14. The van der Waals surface area contributed by atoms with Crippen molar-refractivity contribution >= 4 is 28.5 Å². The molecule has 0 atom stereocenters. The van der Waals surface area contributed by atoms with Crippen LogP contribution in [0.15, 0.2) is 18.2 Å². The molecule has 1 saturated carbocycles. The molecule has 1 saturated heterocycles. The Hall–Kier alpha value is -2.40. The van der Waals surface area contributed by atoms with Gasteiger partial charge < -0.3 is 4.90 Å². The van der Waals surface area contributed by atoms with Crippen LogP contribution in [0.5, 0.6) is 0 Å². The van der Waals surface area contributed by atoms with Crippen molar-refractivity contribution in [1.29, 1.82) is 0 Å². The van der Waals surface area contributed by atoms with Crippen molar-refractivity contribution in [3.8, 4) is 11.3 Å². The average molecular weight is 501 g/mol. The van der Waals surface area contributed by atoms with Gasteiger partial charge >= 0.3 is 6.18 Å². The van der Waals surface area contributed by atoms with Gasteiger partial charge in [0.1, 0.15) is 23.1 Å². The van der Waals surface area contributed by atoms with Gasteiger partial charge in [-0.1, -0.05) is 11.9 Å². The number of anilines is 1. The van der Waals surface area contributed by atoms with Gasteiger partial charge in [0, 0.05) is 43.2 Å². The van der Waals surface area contributed by atoms with Crippen LogP contribution in [-0.4, -0.2) is 45.5 Å². The van der Waals surface area contributed by atoms with E-state index in [2.05, 4.69) is 14.3 Å². The number of piperazine rings is 1. The van der Waals surface area contributed by atoms with Crippen LogP contribution in [0, 0.1) is 24.4 Å². The van der Waals surface area contributed by atoms with Gasteiger partial charge in [-0.3, -0.25) is 4.68 Å². The molecular weight excluding hydrogens is 478 g/mol. The first-order valence-electron chi connectivity index (χ1n) is 10.8. The third-order valence-corrected chi connectivity index (χ3v) is 7.72. The van der Waals surface area contributed by atoms with Crippen molar-refractivity contribution < 1.29 is 26.3 Å². The van der Waals surface area contributed by atoms with Crippen LogP contribution in [0.25, 0.3) is 22.2 Å². The van der Waals surface area contributed by atoms with Crippen LogP contribution in [-0.2, 0) is 13.2 Å². The highest BCUT2D eigenvalue weighted by molar-refractivity contribution is 7.96. The SMILES string of the molecule is CSN1CCN(c2cc3c(cc2F)c(-c2cc(C(F)(F)F)c(F)c(C)c2F)nn3C)C2(CC2)C1. The zero-order chi connectivity index (χ0) is 24.6. The summed E-state index contributed by atoms with van der Waals surface area (Å²) in [5, 5.41) is 4.37. The van der Waals surface area contributed by atoms with Crippen molar-refractivity contribution in [2.75, 3.05) is 30.8 Å². The minimum atomic E-state index is -5.02. The predicted molar refractivity (Wildman–Crippen MR) is 120 cm³/mol. The number of fused-ring (bicyclic) bond motifs is 1. The lowest BCUT2D eigenvalue weighted by Crippen LogP contribution is -2.53. The number of benzene rings is 2. The van der Waals surface area contributed by atoms with E-state index in [9.17, 15) is 22.0 Å². The number of aryl methyl sites for hydroxylation is 1. The number of rotatable bonds is 3. The van der Waals surface area contributed by atoms with Gasteiger partial charge in [-0.05, 0) is 44.2 Å². The smallest absolute Gasteiger partial charge is 0.361 e. The molecule has 34 heavy (non-hydrogen) atoms. The first-order chi connectivity index (χ1) is 16.0. The van der Waals surface area contributed by atoms with E-state index in [0.717, 1.165) is 32.9 Å². The van der Waals surface area contributed by atoms with Gasteiger partial charge in [0.15, 0.2) is 0 Å². The summed E-state index contributed by atoms with van der Waals surface area (Å²) >= 11 is 1.66. The van der Waals surface area contributed by atoms with Crippen LogP contribution >= 0.6 is 11.9 Å². The third kappa shape index (κ3) is 3.55. The van der Waals surface area contributed by atoms with Crippen LogP contribution in [0.4, 0.5) is 32.0 Å². The number of alkyl halides is 3. The maximum absolute atomic E-state index is 15.4. The fraction of sp³-hybridized carbons (Fsp3) is 0.435. The van der Waals surface area contributed by atoms with Crippen molar-refractivity contribution in [2.45, 2.75) is 31.5 Å². The minimum absolute atomic E-state index is 0.140. The van der Waals surface area contributed by atoms with E-state index < -0.39 is 40.3 Å². The van der Waals surface area contributed by atoms with Crippen LogP contribution < -0.4 is 4.90 Å². The molecule has 0 radical (unpaired) electrons. The summed E-state index contributed by atoms with van der Waals surface area (Å²) in [7, 11) is 1.56. The normalized spacial score (nSPS) is 18.3. The molecule has 1 aromatic heterocycles. The Morgan fingerprint density at radius 1 is 1.03 bits per heavy atom. The lowest BCUT2D eigenvalue weighted by Gasteiger charge is -2.42. The summed E-state index contributed by atoms with van der Waals surface area (Å²) in [4.78, 5) is 2.06. The molecule has 2 heterocycles. The molecule has 3 aromatic rings. The minimum Gasteiger partial charge on any atom is -0.361 e. The highest BCUT2D eigenvalue weighted by atomic mass is 32.2. The van der Waals surface area contributed by atoms with Gasteiger partial charge in [0.25, 0.3) is 0 Å². The number of halogens is 6. The highest BCUT2D eigenvalue weighted by Gasteiger charge is 2.52. The zero-order valence-electron chi connectivity index (χ0n) is 18.7. The van der Waals surface area contributed by atoms with Crippen LogP contribution in [0.1, 0.15) is 24.0 Å². The molecule has 1 aliphatic carbocycles. The number of aromatic nitrogens is 2. The molecule has 182 valence electrons. The molecular formula is C23H22F6N4S. The van der Waals surface area contributed by atoms with Crippen molar-refractivity contribution in [3.63, 3.8) is 0 Å². The molecule has 0 bridgehead atoms. The predicted octanol–water partition coefficient (Wildman–Crippen LogP) is 5.92. The Kier molecular flexibility index (Phi) is 5.36. The maximum Gasteiger partial charge on any atom is 0.419 e. The summed E-state index contributed by atoms with van der Waals surface area (Å²) in [5.41, 5.74) is -2.32. The van der Waals surface area contributed by atoms with E-state index >= 15 is 4.39 Å². The Labute approximate surface area is 196 Å². The molecule has 2 aliphatic rings. The molecule has 1 aliphatic heterocycles. The Morgan fingerprint density at radius 3 is 2.35 bits per heavy atom.